The number of sulfone groups is 1. The topological polar surface area (TPSA) is 56.3 Å². The summed E-state index contributed by atoms with van der Waals surface area (Å²) < 4.78 is 44.0. The first-order valence-corrected chi connectivity index (χ1v) is 9.30. The third kappa shape index (κ3) is 3.01. The second kappa shape index (κ2) is 5.62. The molecule has 4 nitrogen and oxygen atoms in total. The van der Waals surface area contributed by atoms with Crippen molar-refractivity contribution in [3.05, 3.63) is 46.2 Å². The highest BCUT2D eigenvalue weighted by Crippen LogP contribution is 2.38. The molecule has 3 rings (SSSR count). The molecule has 1 atom stereocenters. The van der Waals surface area contributed by atoms with Crippen LogP contribution in [0.4, 0.5) is 4.39 Å². The molecule has 22 heavy (non-hydrogen) atoms. The number of alkyl halides is 1. The molecule has 0 saturated heterocycles. The van der Waals surface area contributed by atoms with Crippen molar-refractivity contribution in [1.29, 1.82) is 0 Å². The highest BCUT2D eigenvalue weighted by atomic mass is 79.9. The van der Waals surface area contributed by atoms with Crippen LogP contribution in [-0.4, -0.2) is 25.8 Å². The Balaban J connectivity index is 2.06. The van der Waals surface area contributed by atoms with Crippen LogP contribution in [0.2, 0.25) is 0 Å². The number of ether oxygens (including phenoxy) is 1. The number of aromatic nitrogens is 1. The van der Waals surface area contributed by atoms with Crippen LogP contribution in [0.3, 0.4) is 0 Å². The summed E-state index contributed by atoms with van der Waals surface area (Å²) in [6.45, 7) is 0. The summed E-state index contributed by atoms with van der Waals surface area (Å²) in [6.07, 6.45) is 3.49. The van der Waals surface area contributed by atoms with Crippen molar-refractivity contribution in [1.82, 2.24) is 4.98 Å². The number of nitrogens with zero attached hydrogens (tertiary/aromatic N) is 1. The molecule has 0 unspecified atom stereocenters. The fourth-order valence-corrected chi connectivity index (χ4v) is 3.94. The molecule has 0 bridgehead atoms. The van der Waals surface area contributed by atoms with Crippen LogP contribution in [-0.2, 0) is 22.7 Å². The first-order chi connectivity index (χ1) is 10.3. The highest BCUT2D eigenvalue weighted by molar-refractivity contribution is 9.10. The maximum Gasteiger partial charge on any atom is 0.175 e. The molecule has 1 heterocycles. The van der Waals surface area contributed by atoms with Gasteiger partial charge in [-0.1, -0.05) is 0 Å². The van der Waals surface area contributed by atoms with Gasteiger partial charge in [-0.25, -0.2) is 12.8 Å². The molecule has 0 saturated carbocycles. The van der Waals surface area contributed by atoms with Gasteiger partial charge in [0, 0.05) is 35.3 Å². The highest BCUT2D eigenvalue weighted by Gasteiger charge is 2.30. The molecule has 1 aromatic carbocycles. The monoisotopic (exact) mass is 385 g/mol. The van der Waals surface area contributed by atoms with Crippen LogP contribution in [0, 0.1) is 0 Å². The Labute approximate surface area is 136 Å². The molecule has 1 aliphatic carbocycles. The quantitative estimate of drug-likeness (QED) is 0.811. The van der Waals surface area contributed by atoms with Crippen LogP contribution in [0.15, 0.2) is 40.0 Å². The number of benzene rings is 1. The lowest BCUT2D eigenvalue weighted by atomic mass is 10.1. The zero-order valence-electron chi connectivity index (χ0n) is 11.7. The predicted molar refractivity (Wildman–Crippen MR) is 83.9 cm³/mol. The van der Waals surface area contributed by atoms with Gasteiger partial charge < -0.3 is 4.74 Å². The average molecular weight is 386 g/mol. The fourth-order valence-electron chi connectivity index (χ4n) is 2.63. The van der Waals surface area contributed by atoms with E-state index in [-0.39, 0.29) is 17.7 Å². The van der Waals surface area contributed by atoms with Crippen LogP contribution >= 0.6 is 15.9 Å². The lowest BCUT2D eigenvalue weighted by Crippen LogP contribution is -2.03. The summed E-state index contributed by atoms with van der Waals surface area (Å²) >= 11 is 3.30. The minimum absolute atomic E-state index is 0.103. The van der Waals surface area contributed by atoms with Crippen LogP contribution in [0.5, 0.6) is 11.5 Å². The van der Waals surface area contributed by atoms with Crippen molar-refractivity contribution in [2.45, 2.75) is 23.9 Å². The van der Waals surface area contributed by atoms with Gasteiger partial charge in [0.2, 0.25) is 0 Å². The number of rotatable bonds is 3. The van der Waals surface area contributed by atoms with E-state index in [4.69, 9.17) is 4.74 Å². The maximum absolute atomic E-state index is 13.8. The van der Waals surface area contributed by atoms with Gasteiger partial charge in [-0.05, 0) is 39.7 Å². The number of fused-ring (bicyclic) bond motifs is 1. The Morgan fingerprint density at radius 3 is 2.68 bits per heavy atom. The van der Waals surface area contributed by atoms with Crippen molar-refractivity contribution in [3.63, 3.8) is 0 Å². The fraction of sp³-hybridized carbons (Fsp3) is 0.267. The lowest BCUT2D eigenvalue weighted by molar-refractivity contribution is 0.346. The molecule has 0 aliphatic heterocycles. The Kier molecular flexibility index (Phi) is 3.94. The number of pyridine rings is 1. The van der Waals surface area contributed by atoms with E-state index in [1.165, 1.54) is 6.07 Å². The summed E-state index contributed by atoms with van der Waals surface area (Å²) in [5.41, 5.74) is 1.14. The smallest absolute Gasteiger partial charge is 0.175 e. The Hall–Kier alpha value is -1.47. The molecular formula is C15H13BrFNO3S. The number of hydrogen-bond donors (Lipinski definition) is 0. The first-order valence-electron chi connectivity index (χ1n) is 6.62. The van der Waals surface area contributed by atoms with Gasteiger partial charge in [-0.3, -0.25) is 4.98 Å². The predicted octanol–water partition coefficient (Wildman–Crippen LogP) is 3.48. The van der Waals surface area contributed by atoms with Crippen molar-refractivity contribution < 1.29 is 17.5 Å². The summed E-state index contributed by atoms with van der Waals surface area (Å²) in [4.78, 5) is 4.19. The number of halogens is 2. The summed E-state index contributed by atoms with van der Waals surface area (Å²) in [7, 11) is -3.39. The second-order valence-electron chi connectivity index (χ2n) is 5.24. The molecule has 2 aromatic rings. The van der Waals surface area contributed by atoms with Crippen molar-refractivity contribution >= 4 is 25.8 Å². The van der Waals surface area contributed by atoms with Gasteiger partial charge in [-0.15, -0.1) is 0 Å². The van der Waals surface area contributed by atoms with Crippen LogP contribution in [0.1, 0.15) is 11.1 Å². The summed E-state index contributed by atoms with van der Waals surface area (Å²) in [6, 6.07) is 4.80. The molecular weight excluding hydrogens is 373 g/mol. The second-order valence-corrected chi connectivity index (χ2v) is 8.14. The van der Waals surface area contributed by atoms with Gasteiger partial charge in [0.15, 0.2) is 9.84 Å². The summed E-state index contributed by atoms with van der Waals surface area (Å²) in [5.74, 6) is 0.980. The maximum atomic E-state index is 13.8. The minimum atomic E-state index is -3.39. The minimum Gasteiger partial charge on any atom is -0.455 e. The van der Waals surface area contributed by atoms with Gasteiger partial charge in [0.25, 0.3) is 0 Å². The van der Waals surface area contributed by atoms with E-state index in [0.717, 1.165) is 10.7 Å². The summed E-state index contributed by atoms with van der Waals surface area (Å²) in [5, 5.41) is 0. The van der Waals surface area contributed by atoms with E-state index < -0.39 is 16.0 Å². The van der Waals surface area contributed by atoms with Gasteiger partial charge >= 0.3 is 0 Å². The molecule has 0 radical (unpaired) electrons. The molecule has 1 aliphatic rings. The van der Waals surface area contributed by atoms with Gasteiger partial charge in [0.1, 0.15) is 17.7 Å². The average Bonchev–Trinajstić information content (AvgIpc) is 2.79. The van der Waals surface area contributed by atoms with Crippen molar-refractivity contribution in [2.24, 2.45) is 0 Å². The molecule has 0 N–H and O–H groups in total. The van der Waals surface area contributed by atoms with E-state index in [0.29, 0.717) is 22.6 Å². The normalized spacial score (nSPS) is 17.3. The first kappa shape index (κ1) is 15.4. The Morgan fingerprint density at radius 1 is 1.27 bits per heavy atom. The zero-order valence-corrected chi connectivity index (χ0v) is 14.1. The van der Waals surface area contributed by atoms with E-state index in [9.17, 15) is 12.8 Å². The number of hydrogen-bond acceptors (Lipinski definition) is 4. The van der Waals surface area contributed by atoms with Crippen LogP contribution < -0.4 is 4.74 Å². The molecule has 0 fully saturated rings. The zero-order chi connectivity index (χ0) is 15.9. The standard InChI is InChI=1S/C15H13BrFNO3S/c1-22(19,20)15-3-2-14(12-5-10(17)6-13(12)15)21-11-4-9(16)7-18-8-11/h2-4,7-8,10H,5-6H2,1H3/t10-/m0/s1. The van der Waals surface area contributed by atoms with E-state index >= 15 is 0 Å². The SMILES string of the molecule is CS(=O)(=O)c1ccc(Oc2cncc(Br)c2)c2c1C[C@@H](F)C2. The third-order valence-electron chi connectivity index (χ3n) is 3.50. The molecule has 0 spiro atoms. The third-order valence-corrected chi connectivity index (χ3v) is 5.12. The largest absolute Gasteiger partial charge is 0.455 e. The molecule has 116 valence electrons. The lowest BCUT2D eigenvalue weighted by Gasteiger charge is -2.13. The Morgan fingerprint density at radius 2 is 2.00 bits per heavy atom. The van der Waals surface area contributed by atoms with Crippen molar-refractivity contribution in [3.8, 4) is 11.5 Å². The Bertz CT molecular complexity index is 839. The van der Waals surface area contributed by atoms with Gasteiger partial charge in [-0.2, -0.15) is 0 Å². The van der Waals surface area contributed by atoms with Crippen LogP contribution in [0.25, 0.3) is 0 Å². The van der Waals surface area contributed by atoms with E-state index in [1.807, 2.05) is 0 Å². The van der Waals surface area contributed by atoms with Gasteiger partial charge in [0.05, 0.1) is 11.1 Å². The molecule has 0 amide bonds. The van der Waals surface area contributed by atoms with E-state index in [2.05, 4.69) is 20.9 Å². The molecule has 1 aromatic heterocycles. The van der Waals surface area contributed by atoms with E-state index in [1.54, 1.807) is 24.5 Å². The molecule has 7 heteroatoms. The van der Waals surface area contributed by atoms with Crippen molar-refractivity contribution in [2.75, 3.05) is 6.26 Å².